The molecule has 0 aromatic rings. The van der Waals surface area contributed by atoms with E-state index in [0.29, 0.717) is 5.41 Å². The summed E-state index contributed by atoms with van der Waals surface area (Å²) in [6.45, 7) is 11.7. The Balaban J connectivity index is 2.45. The molecular weight excluding hydrogens is 256 g/mol. The van der Waals surface area contributed by atoms with Crippen LogP contribution in [0.5, 0.6) is 0 Å². The molecule has 0 heterocycles. The summed E-state index contributed by atoms with van der Waals surface area (Å²) in [4.78, 5) is 0. The van der Waals surface area contributed by atoms with E-state index in [4.69, 9.17) is 5.11 Å². The number of allylic oxidation sites excluding steroid dienone is 5. The third kappa shape index (κ3) is 6.22. The van der Waals surface area contributed by atoms with Gasteiger partial charge in [-0.05, 0) is 70.6 Å². The van der Waals surface area contributed by atoms with Gasteiger partial charge in [-0.25, -0.2) is 0 Å². The predicted molar refractivity (Wildman–Crippen MR) is 93.3 cm³/mol. The Kier molecular flexibility index (Phi) is 7.45. The molecule has 0 bridgehead atoms. The van der Waals surface area contributed by atoms with Crippen LogP contribution in [0.15, 0.2) is 34.9 Å². The summed E-state index contributed by atoms with van der Waals surface area (Å²) >= 11 is 0. The Morgan fingerprint density at radius 2 is 1.90 bits per heavy atom. The van der Waals surface area contributed by atoms with Crippen molar-refractivity contribution >= 4 is 0 Å². The van der Waals surface area contributed by atoms with Gasteiger partial charge >= 0.3 is 0 Å². The maximum absolute atomic E-state index is 8.85. The first-order chi connectivity index (χ1) is 9.86. The molecule has 1 aliphatic carbocycles. The van der Waals surface area contributed by atoms with E-state index in [2.05, 4.69) is 46.8 Å². The van der Waals surface area contributed by atoms with Crippen molar-refractivity contribution in [1.82, 2.24) is 0 Å². The van der Waals surface area contributed by atoms with Gasteiger partial charge < -0.3 is 5.11 Å². The van der Waals surface area contributed by atoms with Crippen molar-refractivity contribution in [2.45, 2.75) is 73.1 Å². The van der Waals surface area contributed by atoms with Crippen LogP contribution in [0.2, 0.25) is 0 Å². The lowest BCUT2D eigenvalue weighted by Gasteiger charge is -2.38. The molecule has 1 aliphatic rings. The summed E-state index contributed by atoms with van der Waals surface area (Å²) in [6, 6.07) is 0. The fourth-order valence-corrected chi connectivity index (χ4v) is 3.50. The lowest BCUT2D eigenvalue weighted by atomic mass is 9.67. The molecular formula is C20H34O. The number of aliphatic hydroxyl groups excluding tert-OH is 1. The van der Waals surface area contributed by atoms with Crippen LogP contribution < -0.4 is 0 Å². The van der Waals surface area contributed by atoms with Crippen molar-refractivity contribution < 1.29 is 5.11 Å². The van der Waals surface area contributed by atoms with E-state index in [1.807, 2.05) is 6.08 Å². The zero-order valence-electron chi connectivity index (χ0n) is 14.7. The second-order valence-corrected chi connectivity index (χ2v) is 7.39. The molecule has 0 fully saturated rings. The maximum Gasteiger partial charge on any atom is 0.0614 e. The first-order valence-electron chi connectivity index (χ1n) is 8.45. The number of hydrogen-bond donors (Lipinski definition) is 1. The van der Waals surface area contributed by atoms with Crippen molar-refractivity contribution in [2.75, 3.05) is 6.61 Å². The molecule has 1 heteroatoms. The van der Waals surface area contributed by atoms with Gasteiger partial charge in [0.25, 0.3) is 0 Å². The van der Waals surface area contributed by atoms with Crippen LogP contribution in [-0.4, -0.2) is 11.7 Å². The smallest absolute Gasteiger partial charge is 0.0614 e. The average molecular weight is 290 g/mol. The Morgan fingerprint density at radius 3 is 2.52 bits per heavy atom. The SMILES string of the molecule is CC1=CCCC(C)(C)C1CC/C(C)=C/CC/C(C)=C/CO. The topological polar surface area (TPSA) is 20.2 Å². The molecule has 0 saturated heterocycles. The first-order valence-corrected chi connectivity index (χ1v) is 8.45. The van der Waals surface area contributed by atoms with Crippen LogP contribution in [0, 0.1) is 11.3 Å². The minimum absolute atomic E-state index is 0.164. The highest BCUT2D eigenvalue weighted by molar-refractivity contribution is 5.13. The van der Waals surface area contributed by atoms with Crippen molar-refractivity contribution in [3.05, 3.63) is 34.9 Å². The fraction of sp³-hybridized carbons (Fsp3) is 0.700. The molecule has 1 N–H and O–H groups in total. The van der Waals surface area contributed by atoms with Crippen LogP contribution in [0.4, 0.5) is 0 Å². The van der Waals surface area contributed by atoms with Crippen molar-refractivity contribution in [1.29, 1.82) is 0 Å². The summed E-state index contributed by atoms with van der Waals surface area (Å²) in [5, 5.41) is 8.85. The average Bonchev–Trinajstić information content (AvgIpc) is 2.37. The number of hydrogen-bond acceptors (Lipinski definition) is 1. The standard InChI is InChI=1S/C20H34O/c1-16(8-6-9-17(2)13-15-21)11-12-19-18(3)10-7-14-20(19,4)5/h8,10,13,19,21H,6-7,9,11-12,14-15H2,1-5H3/b16-8+,17-13+. The second-order valence-electron chi connectivity index (χ2n) is 7.39. The lowest BCUT2D eigenvalue weighted by Crippen LogP contribution is -2.27. The summed E-state index contributed by atoms with van der Waals surface area (Å²) < 4.78 is 0. The van der Waals surface area contributed by atoms with Gasteiger partial charge in [0.15, 0.2) is 0 Å². The lowest BCUT2D eigenvalue weighted by molar-refractivity contribution is 0.204. The molecule has 0 amide bonds. The van der Waals surface area contributed by atoms with Crippen LogP contribution in [-0.2, 0) is 0 Å². The minimum atomic E-state index is 0.164. The number of rotatable bonds is 7. The number of aliphatic hydroxyl groups is 1. The predicted octanol–water partition coefficient (Wildman–Crippen LogP) is 5.81. The van der Waals surface area contributed by atoms with Gasteiger partial charge in [0.05, 0.1) is 6.61 Å². The van der Waals surface area contributed by atoms with Gasteiger partial charge in [-0.1, -0.05) is 48.8 Å². The van der Waals surface area contributed by atoms with Gasteiger partial charge in [-0.2, -0.15) is 0 Å². The van der Waals surface area contributed by atoms with E-state index >= 15 is 0 Å². The van der Waals surface area contributed by atoms with E-state index < -0.39 is 0 Å². The highest BCUT2D eigenvalue weighted by Crippen LogP contribution is 2.43. The van der Waals surface area contributed by atoms with Crippen molar-refractivity contribution in [3.8, 4) is 0 Å². The summed E-state index contributed by atoms with van der Waals surface area (Å²) in [6.07, 6.45) is 13.9. The Morgan fingerprint density at radius 1 is 1.24 bits per heavy atom. The molecule has 0 radical (unpaired) electrons. The molecule has 21 heavy (non-hydrogen) atoms. The van der Waals surface area contributed by atoms with E-state index in [1.54, 1.807) is 5.57 Å². The third-order valence-electron chi connectivity index (χ3n) is 5.05. The van der Waals surface area contributed by atoms with Crippen molar-refractivity contribution in [2.24, 2.45) is 11.3 Å². The van der Waals surface area contributed by atoms with E-state index in [0.717, 1.165) is 18.8 Å². The van der Waals surface area contributed by atoms with Crippen molar-refractivity contribution in [3.63, 3.8) is 0 Å². The van der Waals surface area contributed by atoms with Gasteiger partial charge in [0, 0.05) is 0 Å². The maximum atomic E-state index is 8.85. The Bertz CT molecular complexity index is 410. The van der Waals surface area contributed by atoms with E-state index in [-0.39, 0.29) is 6.61 Å². The summed E-state index contributed by atoms with van der Waals surface area (Å²) in [5.41, 5.74) is 4.86. The monoisotopic (exact) mass is 290 g/mol. The second kappa shape index (κ2) is 8.58. The van der Waals surface area contributed by atoms with Crippen LogP contribution in [0.25, 0.3) is 0 Å². The zero-order valence-corrected chi connectivity index (χ0v) is 14.7. The quantitative estimate of drug-likeness (QED) is 0.586. The zero-order chi connectivity index (χ0) is 15.9. The molecule has 120 valence electrons. The largest absolute Gasteiger partial charge is 0.392 e. The normalized spacial score (nSPS) is 23.1. The van der Waals surface area contributed by atoms with Gasteiger partial charge in [0.2, 0.25) is 0 Å². The molecule has 1 nitrogen and oxygen atoms in total. The highest BCUT2D eigenvalue weighted by atomic mass is 16.2. The molecule has 1 atom stereocenters. The molecule has 0 aromatic heterocycles. The molecule has 1 rings (SSSR count). The Labute approximate surface area is 131 Å². The van der Waals surface area contributed by atoms with Gasteiger partial charge in [0.1, 0.15) is 0 Å². The molecule has 0 aromatic carbocycles. The molecule has 0 aliphatic heterocycles. The van der Waals surface area contributed by atoms with Crippen LogP contribution in [0.1, 0.15) is 73.1 Å². The minimum Gasteiger partial charge on any atom is -0.392 e. The first kappa shape index (κ1) is 18.2. The van der Waals surface area contributed by atoms with E-state index in [1.165, 1.54) is 36.8 Å². The summed E-state index contributed by atoms with van der Waals surface area (Å²) in [5.74, 6) is 0.741. The van der Waals surface area contributed by atoms with E-state index in [9.17, 15) is 0 Å². The fourth-order valence-electron chi connectivity index (χ4n) is 3.50. The van der Waals surface area contributed by atoms with Gasteiger partial charge in [-0.15, -0.1) is 0 Å². The summed E-state index contributed by atoms with van der Waals surface area (Å²) in [7, 11) is 0. The third-order valence-corrected chi connectivity index (χ3v) is 5.05. The molecule has 0 saturated carbocycles. The van der Waals surface area contributed by atoms with Gasteiger partial charge in [-0.3, -0.25) is 0 Å². The highest BCUT2D eigenvalue weighted by Gasteiger charge is 2.32. The van der Waals surface area contributed by atoms with Crippen LogP contribution in [0.3, 0.4) is 0 Å². The van der Waals surface area contributed by atoms with Crippen LogP contribution >= 0.6 is 0 Å². The molecule has 0 spiro atoms. The molecule has 1 unspecified atom stereocenters. The Hall–Kier alpha value is -0.820.